The molecule has 2 heterocycles. The van der Waals surface area contributed by atoms with Crippen LogP contribution in [0.3, 0.4) is 0 Å². The van der Waals surface area contributed by atoms with Gasteiger partial charge in [0.25, 0.3) is 0 Å². The van der Waals surface area contributed by atoms with Crippen molar-refractivity contribution in [3.63, 3.8) is 0 Å². The number of imidazole rings is 1. The van der Waals surface area contributed by atoms with Crippen molar-refractivity contribution in [2.24, 2.45) is 0 Å². The number of aromatic carboxylic acids is 1. The van der Waals surface area contributed by atoms with E-state index in [1.54, 1.807) is 12.1 Å². The lowest BCUT2D eigenvalue weighted by Gasteiger charge is -2.14. The maximum atomic E-state index is 13.6. The van der Waals surface area contributed by atoms with Gasteiger partial charge < -0.3 is 9.67 Å². The molecule has 4 aromatic rings. The fourth-order valence-electron chi connectivity index (χ4n) is 3.81. The predicted octanol–water partition coefficient (Wildman–Crippen LogP) is 4.84. The van der Waals surface area contributed by atoms with E-state index in [9.17, 15) is 23.1 Å². The van der Waals surface area contributed by atoms with E-state index < -0.39 is 23.5 Å². The smallest absolute Gasteiger partial charge is 0.435 e. The van der Waals surface area contributed by atoms with Gasteiger partial charge >= 0.3 is 12.1 Å². The Hall–Kier alpha value is -4.02. The Kier molecular flexibility index (Phi) is 6.44. The summed E-state index contributed by atoms with van der Waals surface area (Å²) in [6.07, 6.45) is -3.35. The Balaban J connectivity index is 1.83. The highest BCUT2D eigenvalue weighted by Gasteiger charge is 2.41. The van der Waals surface area contributed by atoms with E-state index >= 15 is 0 Å². The topological polar surface area (TPSA) is 110 Å². The van der Waals surface area contributed by atoms with Gasteiger partial charge in [-0.1, -0.05) is 55.8 Å². The maximum Gasteiger partial charge on any atom is 0.435 e. The van der Waals surface area contributed by atoms with Gasteiger partial charge in [-0.3, -0.25) is 0 Å². The van der Waals surface area contributed by atoms with Crippen molar-refractivity contribution in [2.75, 3.05) is 0 Å². The minimum absolute atomic E-state index is 0.0832. The first-order chi connectivity index (χ1) is 16.3. The summed E-state index contributed by atoms with van der Waals surface area (Å²) in [4.78, 5) is 15.6. The third kappa shape index (κ3) is 4.68. The molecule has 4 rings (SSSR count). The lowest BCUT2D eigenvalue weighted by Crippen LogP contribution is -2.17. The maximum absolute atomic E-state index is 13.6. The van der Waals surface area contributed by atoms with Crippen LogP contribution in [0.25, 0.3) is 22.5 Å². The number of aromatic amines is 1. The highest BCUT2D eigenvalue weighted by atomic mass is 19.4. The Bertz CT molecular complexity index is 1280. The number of H-pyrrole nitrogens is 1. The molecule has 0 saturated heterocycles. The summed E-state index contributed by atoms with van der Waals surface area (Å²) >= 11 is 0. The number of hydrogen-bond donors (Lipinski definition) is 2. The van der Waals surface area contributed by atoms with E-state index in [-0.39, 0.29) is 18.8 Å². The molecule has 0 bridgehead atoms. The quantitative estimate of drug-likeness (QED) is 0.381. The molecule has 0 saturated carbocycles. The first kappa shape index (κ1) is 23.1. The molecule has 11 heteroatoms. The number of aryl methyl sites for hydroxylation is 1. The number of benzene rings is 2. The number of unbranched alkanes of at least 4 members (excludes halogenated alkanes) is 1. The number of halogens is 3. The first-order valence-corrected chi connectivity index (χ1v) is 10.6. The van der Waals surface area contributed by atoms with Gasteiger partial charge in [-0.05, 0) is 34.4 Å². The summed E-state index contributed by atoms with van der Waals surface area (Å²) in [7, 11) is 0. The van der Waals surface area contributed by atoms with Gasteiger partial charge in [-0.15, -0.1) is 10.2 Å². The molecular formula is C23H21F3N6O2. The van der Waals surface area contributed by atoms with Crippen LogP contribution in [0.15, 0.2) is 48.5 Å². The lowest BCUT2D eigenvalue weighted by atomic mass is 9.97. The predicted molar refractivity (Wildman–Crippen MR) is 117 cm³/mol. The van der Waals surface area contributed by atoms with E-state index in [4.69, 9.17) is 0 Å². The molecule has 34 heavy (non-hydrogen) atoms. The third-order valence-corrected chi connectivity index (χ3v) is 5.37. The van der Waals surface area contributed by atoms with Crippen LogP contribution in [0.4, 0.5) is 13.2 Å². The second kappa shape index (κ2) is 9.46. The van der Waals surface area contributed by atoms with Crippen molar-refractivity contribution in [3.8, 4) is 22.5 Å². The molecule has 0 fully saturated rings. The summed E-state index contributed by atoms with van der Waals surface area (Å²) in [6.45, 7) is 1.79. The average molecular weight is 470 g/mol. The Morgan fingerprint density at radius 3 is 2.50 bits per heavy atom. The van der Waals surface area contributed by atoms with Crippen molar-refractivity contribution in [3.05, 3.63) is 71.3 Å². The monoisotopic (exact) mass is 470 g/mol. The van der Waals surface area contributed by atoms with E-state index in [1.807, 2.05) is 43.3 Å². The largest absolute Gasteiger partial charge is 0.477 e. The Morgan fingerprint density at radius 1 is 1.12 bits per heavy atom. The number of tetrazole rings is 1. The molecule has 0 aliphatic heterocycles. The number of carboxylic acids is 1. The molecule has 176 valence electrons. The number of nitrogens with one attached hydrogen (secondary N) is 1. The summed E-state index contributed by atoms with van der Waals surface area (Å²) < 4.78 is 41.9. The SMILES string of the molecule is CCCCc1nc(C(F)(F)F)c(C(=O)O)n1Cc1ccc(-c2ccccc2)c(-c2nn[nH]n2)c1. The van der Waals surface area contributed by atoms with Gasteiger partial charge in [0.2, 0.25) is 5.82 Å². The molecule has 8 nitrogen and oxygen atoms in total. The molecule has 0 radical (unpaired) electrons. The summed E-state index contributed by atoms with van der Waals surface area (Å²) in [5, 5.41) is 23.7. The first-order valence-electron chi connectivity index (χ1n) is 10.6. The van der Waals surface area contributed by atoms with Crippen molar-refractivity contribution in [1.82, 2.24) is 30.2 Å². The van der Waals surface area contributed by atoms with Gasteiger partial charge in [-0.25, -0.2) is 9.78 Å². The summed E-state index contributed by atoms with van der Waals surface area (Å²) in [6, 6.07) is 14.8. The van der Waals surface area contributed by atoms with Crippen LogP contribution in [0.1, 0.15) is 47.3 Å². The molecule has 2 aromatic carbocycles. The molecule has 0 aliphatic rings. The van der Waals surface area contributed by atoms with E-state index in [0.29, 0.717) is 23.4 Å². The summed E-state index contributed by atoms with van der Waals surface area (Å²) in [5.41, 5.74) is 0.631. The molecule has 2 N–H and O–H groups in total. The van der Waals surface area contributed by atoms with Crippen molar-refractivity contribution in [2.45, 2.75) is 38.9 Å². The van der Waals surface area contributed by atoms with Crippen LogP contribution in [0.5, 0.6) is 0 Å². The number of alkyl halides is 3. The highest BCUT2D eigenvalue weighted by Crippen LogP contribution is 2.34. The van der Waals surface area contributed by atoms with Gasteiger partial charge in [-0.2, -0.15) is 18.4 Å². The fourth-order valence-corrected chi connectivity index (χ4v) is 3.81. The molecule has 2 aromatic heterocycles. The number of nitrogens with zero attached hydrogens (tertiary/aromatic N) is 5. The normalized spacial score (nSPS) is 11.6. The van der Waals surface area contributed by atoms with Gasteiger partial charge in [0.1, 0.15) is 5.82 Å². The fraction of sp³-hybridized carbons (Fsp3) is 0.261. The molecule has 0 aliphatic carbocycles. The average Bonchev–Trinajstić information content (AvgIpc) is 3.46. The van der Waals surface area contributed by atoms with Crippen molar-refractivity contribution in [1.29, 1.82) is 0 Å². The highest BCUT2D eigenvalue weighted by molar-refractivity contribution is 5.87. The number of carbonyl (C=O) groups is 1. The lowest BCUT2D eigenvalue weighted by molar-refractivity contribution is -0.141. The van der Waals surface area contributed by atoms with Crippen LogP contribution in [-0.4, -0.2) is 41.3 Å². The number of hydrogen-bond acceptors (Lipinski definition) is 5. The minimum Gasteiger partial charge on any atom is -0.477 e. The van der Waals surface area contributed by atoms with Gasteiger partial charge in [0, 0.05) is 18.5 Å². The third-order valence-electron chi connectivity index (χ3n) is 5.37. The molecule has 0 atom stereocenters. The van der Waals surface area contributed by atoms with E-state index in [1.165, 1.54) is 0 Å². The molecular weight excluding hydrogens is 449 g/mol. The minimum atomic E-state index is -4.88. The number of carboxylic acid groups (broad SMARTS) is 1. The standard InChI is InChI=1S/C23H21F3N6O2/c1-2-3-9-18-27-20(23(24,25)26)19(22(33)34)32(18)13-14-10-11-16(15-7-5-4-6-8-15)17(12-14)21-28-30-31-29-21/h4-8,10-12H,2-3,9,13H2,1H3,(H,33,34)(H,28,29,30,31). The van der Waals surface area contributed by atoms with Gasteiger partial charge in [0.15, 0.2) is 11.4 Å². The van der Waals surface area contributed by atoms with Crippen molar-refractivity contribution >= 4 is 5.97 Å². The van der Waals surface area contributed by atoms with E-state index in [2.05, 4.69) is 25.6 Å². The molecule has 0 unspecified atom stereocenters. The zero-order valence-corrected chi connectivity index (χ0v) is 18.2. The zero-order chi connectivity index (χ0) is 24.3. The second-order valence-corrected chi connectivity index (χ2v) is 7.70. The van der Waals surface area contributed by atoms with Crippen LogP contribution in [0.2, 0.25) is 0 Å². The second-order valence-electron chi connectivity index (χ2n) is 7.70. The molecule has 0 amide bonds. The van der Waals surface area contributed by atoms with Crippen LogP contribution in [0, 0.1) is 0 Å². The Labute approximate surface area is 192 Å². The zero-order valence-electron chi connectivity index (χ0n) is 18.2. The number of rotatable bonds is 8. The molecule has 0 spiro atoms. The van der Waals surface area contributed by atoms with Crippen LogP contribution >= 0.6 is 0 Å². The van der Waals surface area contributed by atoms with E-state index in [0.717, 1.165) is 22.1 Å². The van der Waals surface area contributed by atoms with Crippen molar-refractivity contribution < 1.29 is 23.1 Å². The van der Waals surface area contributed by atoms with Crippen LogP contribution < -0.4 is 0 Å². The number of aromatic nitrogens is 6. The van der Waals surface area contributed by atoms with Crippen LogP contribution in [-0.2, 0) is 19.1 Å². The summed E-state index contributed by atoms with van der Waals surface area (Å²) in [5.74, 6) is -1.28. The van der Waals surface area contributed by atoms with Gasteiger partial charge in [0.05, 0.1) is 0 Å². The Morgan fingerprint density at radius 2 is 1.88 bits per heavy atom.